The van der Waals surface area contributed by atoms with Gasteiger partial charge in [0.25, 0.3) is 5.56 Å². The summed E-state index contributed by atoms with van der Waals surface area (Å²) in [4.78, 5) is 16.9. The zero-order chi connectivity index (χ0) is 11.8. The third-order valence-electron chi connectivity index (χ3n) is 3.34. The molecule has 2 N–H and O–H groups in total. The zero-order valence-corrected chi connectivity index (χ0v) is 9.65. The normalized spacial score (nSPS) is 15.5. The molecule has 1 aromatic carbocycles. The minimum atomic E-state index is 0.0548. The van der Waals surface area contributed by atoms with E-state index in [2.05, 4.69) is 4.98 Å². The van der Waals surface area contributed by atoms with Crippen LogP contribution >= 0.6 is 0 Å². The summed E-state index contributed by atoms with van der Waals surface area (Å²) in [6.07, 6.45) is 4.24. The standard InChI is InChI=1S/C13H15N3O/c14-9-5-6-11-10(8-9)13(17)16-7-3-1-2-4-12(16)15-11/h5-6,8H,1-4,7,14H2. The lowest BCUT2D eigenvalue weighted by atomic mass is 10.2. The Bertz CT molecular complexity index is 630. The first kappa shape index (κ1) is 10.3. The van der Waals surface area contributed by atoms with Crippen LogP contribution < -0.4 is 11.3 Å². The first-order valence-corrected chi connectivity index (χ1v) is 6.05. The van der Waals surface area contributed by atoms with E-state index in [4.69, 9.17) is 5.73 Å². The van der Waals surface area contributed by atoms with Crippen molar-refractivity contribution in [3.63, 3.8) is 0 Å². The van der Waals surface area contributed by atoms with Crippen molar-refractivity contribution in [2.24, 2.45) is 0 Å². The van der Waals surface area contributed by atoms with Gasteiger partial charge in [-0.3, -0.25) is 9.36 Å². The van der Waals surface area contributed by atoms with Crippen LogP contribution in [0, 0.1) is 0 Å². The SMILES string of the molecule is Nc1ccc2nc3n(c(=O)c2c1)CCCCC3. The van der Waals surface area contributed by atoms with Crippen LogP contribution in [-0.2, 0) is 13.0 Å². The van der Waals surface area contributed by atoms with Gasteiger partial charge in [-0.1, -0.05) is 6.42 Å². The highest BCUT2D eigenvalue weighted by Gasteiger charge is 2.13. The molecule has 0 atom stereocenters. The van der Waals surface area contributed by atoms with Crippen molar-refractivity contribution < 1.29 is 0 Å². The van der Waals surface area contributed by atoms with Crippen molar-refractivity contribution >= 4 is 16.6 Å². The summed E-state index contributed by atoms with van der Waals surface area (Å²) in [5, 5.41) is 0.635. The maximum atomic E-state index is 12.3. The Hall–Kier alpha value is -1.84. The van der Waals surface area contributed by atoms with E-state index in [1.54, 1.807) is 12.1 Å². The van der Waals surface area contributed by atoms with Gasteiger partial charge >= 0.3 is 0 Å². The van der Waals surface area contributed by atoms with Gasteiger partial charge in [-0.2, -0.15) is 0 Å². The number of fused-ring (bicyclic) bond motifs is 2. The number of hydrogen-bond acceptors (Lipinski definition) is 3. The molecule has 4 nitrogen and oxygen atoms in total. The average Bonchev–Trinajstić information content (AvgIpc) is 2.56. The van der Waals surface area contributed by atoms with E-state index >= 15 is 0 Å². The van der Waals surface area contributed by atoms with Gasteiger partial charge in [-0.25, -0.2) is 4.98 Å². The molecule has 0 saturated carbocycles. The van der Waals surface area contributed by atoms with E-state index in [1.807, 2.05) is 10.6 Å². The smallest absolute Gasteiger partial charge is 0.261 e. The molecule has 1 aliphatic rings. The highest BCUT2D eigenvalue weighted by atomic mass is 16.1. The van der Waals surface area contributed by atoms with E-state index < -0.39 is 0 Å². The van der Waals surface area contributed by atoms with Crippen molar-refractivity contribution in [3.8, 4) is 0 Å². The number of benzene rings is 1. The van der Waals surface area contributed by atoms with Crippen LogP contribution in [0.15, 0.2) is 23.0 Å². The van der Waals surface area contributed by atoms with Crippen molar-refractivity contribution in [1.29, 1.82) is 0 Å². The molecule has 0 saturated heterocycles. The second-order valence-electron chi connectivity index (χ2n) is 4.57. The third kappa shape index (κ3) is 1.69. The average molecular weight is 229 g/mol. The number of anilines is 1. The lowest BCUT2D eigenvalue weighted by Crippen LogP contribution is -2.24. The number of aromatic nitrogens is 2. The van der Waals surface area contributed by atoms with E-state index in [9.17, 15) is 4.79 Å². The summed E-state index contributed by atoms with van der Waals surface area (Å²) >= 11 is 0. The van der Waals surface area contributed by atoms with Crippen molar-refractivity contribution in [2.45, 2.75) is 32.2 Å². The molecule has 0 fully saturated rings. The second-order valence-corrected chi connectivity index (χ2v) is 4.57. The summed E-state index contributed by atoms with van der Waals surface area (Å²) in [6.45, 7) is 0.784. The lowest BCUT2D eigenvalue weighted by Gasteiger charge is -2.10. The van der Waals surface area contributed by atoms with E-state index in [0.717, 1.165) is 37.1 Å². The number of nitrogens with two attached hydrogens (primary N) is 1. The van der Waals surface area contributed by atoms with E-state index in [0.29, 0.717) is 11.1 Å². The Labute approximate surface area is 99.1 Å². The topological polar surface area (TPSA) is 60.9 Å². The highest BCUT2D eigenvalue weighted by Crippen LogP contribution is 2.16. The number of rotatable bonds is 0. The summed E-state index contributed by atoms with van der Waals surface area (Å²) in [6, 6.07) is 5.35. The molecule has 0 unspecified atom stereocenters. The molecular formula is C13H15N3O. The van der Waals surface area contributed by atoms with Crippen LogP contribution in [-0.4, -0.2) is 9.55 Å². The number of nitrogens with zero attached hydrogens (tertiary/aromatic N) is 2. The van der Waals surface area contributed by atoms with Crippen LogP contribution in [0.1, 0.15) is 25.1 Å². The Morgan fingerprint density at radius 3 is 3.00 bits per heavy atom. The monoisotopic (exact) mass is 229 g/mol. The van der Waals surface area contributed by atoms with Crippen LogP contribution in [0.2, 0.25) is 0 Å². The molecule has 2 aromatic rings. The molecule has 2 heterocycles. The lowest BCUT2D eigenvalue weighted by molar-refractivity contribution is 0.614. The molecule has 0 radical (unpaired) electrons. The molecule has 4 heteroatoms. The Balaban J connectivity index is 2.33. The van der Waals surface area contributed by atoms with Gasteiger partial charge in [-0.15, -0.1) is 0 Å². The van der Waals surface area contributed by atoms with Crippen molar-refractivity contribution in [2.75, 3.05) is 5.73 Å². The maximum Gasteiger partial charge on any atom is 0.261 e. The van der Waals surface area contributed by atoms with Crippen LogP contribution in [0.4, 0.5) is 5.69 Å². The predicted octanol–water partition coefficient (Wildman–Crippen LogP) is 1.71. The predicted molar refractivity (Wildman–Crippen MR) is 68.0 cm³/mol. The number of nitrogen functional groups attached to an aromatic ring is 1. The fourth-order valence-corrected chi connectivity index (χ4v) is 2.44. The van der Waals surface area contributed by atoms with Gasteiger partial charge in [0, 0.05) is 18.7 Å². The van der Waals surface area contributed by atoms with Crippen LogP contribution in [0.25, 0.3) is 10.9 Å². The minimum absolute atomic E-state index is 0.0548. The molecule has 0 spiro atoms. The molecule has 88 valence electrons. The number of hydrogen-bond donors (Lipinski definition) is 1. The fraction of sp³-hybridized carbons (Fsp3) is 0.385. The quantitative estimate of drug-likeness (QED) is 0.699. The molecule has 0 bridgehead atoms. The van der Waals surface area contributed by atoms with Gasteiger partial charge in [0.05, 0.1) is 10.9 Å². The van der Waals surface area contributed by atoms with Crippen LogP contribution in [0.3, 0.4) is 0 Å². The fourth-order valence-electron chi connectivity index (χ4n) is 2.44. The Morgan fingerprint density at radius 1 is 1.24 bits per heavy atom. The second kappa shape index (κ2) is 3.87. The summed E-state index contributed by atoms with van der Waals surface area (Å²) in [7, 11) is 0. The van der Waals surface area contributed by atoms with Crippen LogP contribution in [0.5, 0.6) is 0 Å². The number of aryl methyl sites for hydroxylation is 1. The van der Waals surface area contributed by atoms with Gasteiger partial charge in [0.1, 0.15) is 5.82 Å². The Kier molecular flexibility index (Phi) is 2.35. The van der Waals surface area contributed by atoms with E-state index in [-0.39, 0.29) is 5.56 Å². The van der Waals surface area contributed by atoms with Gasteiger partial charge in [-0.05, 0) is 31.0 Å². The summed E-state index contributed by atoms with van der Waals surface area (Å²) in [5.41, 5.74) is 7.16. The minimum Gasteiger partial charge on any atom is -0.399 e. The molecule has 1 aromatic heterocycles. The largest absolute Gasteiger partial charge is 0.399 e. The molecular weight excluding hydrogens is 214 g/mol. The van der Waals surface area contributed by atoms with Gasteiger partial charge < -0.3 is 5.73 Å². The first-order chi connectivity index (χ1) is 8.25. The summed E-state index contributed by atoms with van der Waals surface area (Å²) in [5.74, 6) is 0.921. The first-order valence-electron chi connectivity index (χ1n) is 6.05. The highest BCUT2D eigenvalue weighted by molar-refractivity contribution is 5.81. The molecule has 1 aliphatic heterocycles. The van der Waals surface area contributed by atoms with E-state index in [1.165, 1.54) is 6.42 Å². The van der Waals surface area contributed by atoms with Crippen molar-refractivity contribution in [3.05, 3.63) is 34.4 Å². The molecule has 0 aliphatic carbocycles. The van der Waals surface area contributed by atoms with Crippen molar-refractivity contribution in [1.82, 2.24) is 9.55 Å². The van der Waals surface area contributed by atoms with Gasteiger partial charge in [0.2, 0.25) is 0 Å². The third-order valence-corrected chi connectivity index (χ3v) is 3.34. The molecule has 0 amide bonds. The molecule has 17 heavy (non-hydrogen) atoms. The molecule has 3 rings (SSSR count). The Morgan fingerprint density at radius 2 is 2.12 bits per heavy atom. The maximum absolute atomic E-state index is 12.3. The zero-order valence-electron chi connectivity index (χ0n) is 9.65. The van der Waals surface area contributed by atoms with Gasteiger partial charge in [0.15, 0.2) is 0 Å². The summed E-state index contributed by atoms with van der Waals surface area (Å²) < 4.78 is 1.81.